The number of aryl methyl sites for hydroxylation is 1. The summed E-state index contributed by atoms with van der Waals surface area (Å²) in [6.45, 7) is 1.72. The van der Waals surface area contributed by atoms with Crippen molar-refractivity contribution in [2.45, 2.75) is 22.8 Å². The van der Waals surface area contributed by atoms with E-state index < -0.39 is 10.0 Å². The Kier molecular flexibility index (Phi) is 7.54. The van der Waals surface area contributed by atoms with Gasteiger partial charge in [0.15, 0.2) is 0 Å². The SMILES string of the molecule is CSc1ccc(S(=O)(=O)N(C)CC(=O)NC(c2ccccc2)c2cccc(C)c2)cc1. The quantitative estimate of drug-likeness (QED) is 0.517. The molecule has 3 rings (SSSR count). The van der Waals surface area contributed by atoms with E-state index >= 15 is 0 Å². The lowest BCUT2D eigenvalue weighted by Crippen LogP contribution is -2.40. The van der Waals surface area contributed by atoms with E-state index in [1.54, 1.807) is 24.3 Å². The Hall–Kier alpha value is -2.61. The maximum Gasteiger partial charge on any atom is 0.243 e. The molecule has 5 nitrogen and oxygen atoms in total. The predicted octanol–water partition coefficient (Wildman–Crippen LogP) is 4.24. The number of carbonyl (C=O) groups is 1. The van der Waals surface area contributed by atoms with Crippen molar-refractivity contribution in [1.82, 2.24) is 9.62 Å². The van der Waals surface area contributed by atoms with E-state index in [2.05, 4.69) is 5.32 Å². The number of hydrogen-bond acceptors (Lipinski definition) is 4. The van der Waals surface area contributed by atoms with Crippen LogP contribution in [0.15, 0.2) is 88.7 Å². The molecule has 0 fully saturated rings. The molecule has 0 heterocycles. The van der Waals surface area contributed by atoms with E-state index in [9.17, 15) is 13.2 Å². The van der Waals surface area contributed by atoms with Gasteiger partial charge in [0.05, 0.1) is 17.5 Å². The van der Waals surface area contributed by atoms with E-state index in [1.165, 1.54) is 18.8 Å². The molecule has 3 aromatic rings. The molecule has 3 aromatic carbocycles. The van der Waals surface area contributed by atoms with E-state index in [0.717, 1.165) is 25.9 Å². The van der Waals surface area contributed by atoms with Gasteiger partial charge < -0.3 is 5.32 Å². The average Bonchev–Trinajstić information content (AvgIpc) is 2.78. The number of sulfonamides is 1. The highest BCUT2D eigenvalue weighted by Gasteiger charge is 2.25. The summed E-state index contributed by atoms with van der Waals surface area (Å²) < 4.78 is 26.8. The van der Waals surface area contributed by atoms with Gasteiger partial charge >= 0.3 is 0 Å². The molecule has 0 aromatic heterocycles. The first kappa shape index (κ1) is 23.1. The molecule has 0 aliphatic rings. The Balaban J connectivity index is 1.78. The molecule has 0 bridgehead atoms. The summed E-state index contributed by atoms with van der Waals surface area (Å²) in [6, 6.07) is 23.8. The van der Waals surface area contributed by atoms with Gasteiger partial charge in [-0.05, 0) is 48.6 Å². The van der Waals surface area contributed by atoms with Crippen molar-refractivity contribution in [3.8, 4) is 0 Å². The topological polar surface area (TPSA) is 66.5 Å². The Morgan fingerprint density at radius 3 is 2.23 bits per heavy atom. The summed E-state index contributed by atoms with van der Waals surface area (Å²) in [5, 5.41) is 3.00. The molecule has 0 aliphatic heterocycles. The molecule has 0 spiro atoms. The Morgan fingerprint density at radius 2 is 1.61 bits per heavy atom. The number of rotatable bonds is 8. The minimum absolute atomic E-state index is 0.166. The molecule has 0 aliphatic carbocycles. The van der Waals surface area contributed by atoms with E-state index in [4.69, 9.17) is 0 Å². The van der Waals surface area contributed by atoms with E-state index in [1.807, 2.05) is 67.8 Å². The average molecular weight is 455 g/mol. The van der Waals surface area contributed by atoms with Crippen LogP contribution in [0.25, 0.3) is 0 Å². The van der Waals surface area contributed by atoms with Crippen molar-refractivity contribution in [3.63, 3.8) is 0 Å². The third-order valence-electron chi connectivity index (χ3n) is 4.95. The van der Waals surface area contributed by atoms with Crippen molar-refractivity contribution >= 4 is 27.7 Å². The summed E-state index contributed by atoms with van der Waals surface area (Å²) in [5.41, 5.74) is 2.96. The molecule has 7 heteroatoms. The van der Waals surface area contributed by atoms with Crippen LogP contribution in [0, 0.1) is 6.92 Å². The van der Waals surface area contributed by atoms with Crippen LogP contribution in [-0.2, 0) is 14.8 Å². The summed E-state index contributed by atoms with van der Waals surface area (Å²) >= 11 is 1.54. The summed E-state index contributed by atoms with van der Waals surface area (Å²) in [7, 11) is -2.35. The zero-order valence-electron chi connectivity index (χ0n) is 17.8. The van der Waals surface area contributed by atoms with Gasteiger partial charge in [-0.1, -0.05) is 60.2 Å². The number of amides is 1. The minimum atomic E-state index is -3.77. The molecular formula is C24H26N2O3S2. The van der Waals surface area contributed by atoms with Gasteiger partial charge in [0.2, 0.25) is 15.9 Å². The molecule has 0 radical (unpaired) electrons. The number of likely N-dealkylation sites (N-methyl/N-ethyl adjacent to an activating group) is 1. The molecule has 1 atom stereocenters. The van der Waals surface area contributed by atoms with Gasteiger partial charge in [0.25, 0.3) is 0 Å². The molecule has 31 heavy (non-hydrogen) atoms. The maximum absolute atomic E-state index is 12.9. The first-order chi connectivity index (χ1) is 14.8. The van der Waals surface area contributed by atoms with E-state index in [-0.39, 0.29) is 23.4 Å². The second-order valence-electron chi connectivity index (χ2n) is 7.26. The second-order valence-corrected chi connectivity index (χ2v) is 10.2. The van der Waals surface area contributed by atoms with Crippen LogP contribution in [0.5, 0.6) is 0 Å². The van der Waals surface area contributed by atoms with Crippen LogP contribution in [0.4, 0.5) is 0 Å². The van der Waals surface area contributed by atoms with Crippen LogP contribution in [0.1, 0.15) is 22.7 Å². The first-order valence-corrected chi connectivity index (χ1v) is 12.5. The lowest BCUT2D eigenvalue weighted by atomic mass is 9.97. The normalized spacial score (nSPS) is 12.5. The number of hydrogen-bond donors (Lipinski definition) is 1. The Bertz CT molecular complexity index is 1130. The largest absolute Gasteiger partial charge is 0.344 e. The first-order valence-electron chi connectivity index (χ1n) is 9.82. The zero-order valence-corrected chi connectivity index (χ0v) is 19.4. The highest BCUT2D eigenvalue weighted by Crippen LogP contribution is 2.23. The highest BCUT2D eigenvalue weighted by molar-refractivity contribution is 7.98. The van der Waals surface area contributed by atoms with Gasteiger partial charge in [-0.3, -0.25) is 4.79 Å². The fourth-order valence-corrected chi connectivity index (χ4v) is 4.81. The van der Waals surface area contributed by atoms with Gasteiger partial charge in [0, 0.05) is 11.9 Å². The zero-order chi connectivity index (χ0) is 22.4. The second kappa shape index (κ2) is 10.1. The van der Waals surface area contributed by atoms with Gasteiger partial charge in [-0.25, -0.2) is 8.42 Å². The lowest BCUT2D eigenvalue weighted by molar-refractivity contribution is -0.121. The standard InChI is InChI=1S/C24H26N2O3S2/c1-18-8-7-11-20(16-18)24(19-9-5-4-6-10-19)25-23(27)17-26(2)31(28,29)22-14-12-21(30-3)13-15-22/h4-16,24H,17H2,1-3H3,(H,25,27). The van der Waals surface area contributed by atoms with Crippen LogP contribution in [0.2, 0.25) is 0 Å². The van der Waals surface area contributed by atoms with Gasteiger partial charge in [-0.2, -0.15) is 4.31 Å². The molecule has 0 saturated carbocycles. The summed E-state index contributed by atoms with van der Waals surface area (Å²) in [6.07, 6.45) is 1.93. The molecule has 1 unspecified atom stereocenters. The van der Waals surface area contributed by atoms with Crippen LogP contribution < -0.4 is 5.32 Å². The monoisotopic (exact) mass is 454 g/mol. The van der Waals surface area contributed by atoms with Crippen molar-refractivity contribution in [3.05, 3.63) is 95.6 Å². The Morgan fingerprint density at radius 1 is 0.968 bits per heavy atom. The summed E-state index contributed by atoms with van der Waals surface area (Å²) in [5.74, 6) is -0.373. The fourth-order valence-electron chi connectivity index (χ4n) is 3.28. The van der Waals surface area contributed by atoms with E-state index in [0.29, 0.717) is 0 Å². The van der Waals surface area contributed by atoms with Crippen LogP contribution in [-0.4, -0.2) is 38.5 Å². The molecule has 1 N–H and O–H groups in total. The number of nitrogens with zero attached hydrogens (tertiary/aromatic N) is 1. The Labute approximate surface area is 188 Å². The van der Waals surface area contributed by atoms with Gasteiger partial charge in [0.1, 0.15) is 0 Å². The lowest BCUT2D eigenvalue weighted by Gasteiger charge is -2.22. The van der Waals surface area contributed by atoms with Crippen molar-refractivity contribution in [2.24, 2.45) is 0 Å². The van der Waals surface area contributed by atoms with Crippen LogP contribution in [0.3, 0.4) is 0 Å². The summed E-state index contributed by atoms with van der Waals surface area (Å²) in [4.78, 5) is 14.0. The van der Waals surface area contributed by atoms with Crippen molar-refractivity contribution in [1.29, 1.82) is 0 Å². The number of nitrogens with one attached hydrogen (secondary N) is 1. The highest BCUT2D eigenvalue weighted by atomic mass is 32.2. The molecule has 162 valence electrons. The number of carbonyl (C=O) groups excluding carboxylic acids is 1. The fraction of sp³-hybridized carbons (Fsp3) is 0.208. The molecular weight excluding hydrogens is 428 g/mol. The van der Waals surface area contributed by atoms with Gasteiger partial charge in [-0.15, -0.1) is 11.8 Å². The molecule has 0 saturated heterocycles. The number of thioether (sulfide) groups is 1. The third kappa shape index (κ3) is 5.76. The predicted molar refractivity (Wildman–Crippen MR) is 126 cm³/mol. The van der Waals surface area contributed by atoms with Crippen LogP contribution >= 0.6 is 11.8 Å². The van der Waals surface area contributed by atoms with Crippen molar-refractivity contribution in [2.75, 3.05) is 19.8 Å². The molecule has 1 amide bonds. The van der Waals surface area contributed by atoms with Crippen molar-refractivity contribution < 1.29 is 13.2 Å². The maximum atomic E-state index is 12.9. The smallest absolute Gasteiger partial charge is 0.243 e. The minimum Gasteiger partial charge on any atom is -0.344 e. The third-order valence-corrected chi connectivity index (χ3v) is 7.51. The number of benzene rings is 3.